The zero-order chi connectivity index (χ0) is 12.3. The summed E-state index contributed by atoms with van der Waals surface area (Å²) in [4.78, 5) is 5.46. The van der Waals surface area contributed by atoms with Crippen molar-refractivity contribution in [2.24, 2.45) is 0 Å². The Balaban J connectivity index is 2.23. The first-order valence-corrected chi connectivity index (χ1v) is 7.02. The van der Waals surface area contributed by atoms with Crippen LogP contribution in [0.5, 0.6) is 0 Å². The lowest BCUT2D eigenvalue weighted by Gasteiger charge is -2.05. The predicted octanol–water partition coefficient (Wildman–Crippen LogP) is 3.05. The second-order valence-corrected chi connectivity index (χ2v) is 5.74. The lowest BCUT2D eigenvalue weighted by Crippen LogP contribution is -1.89. The number of hydrogen-bond acceptors (Lipinski definition) is 5. The van der Waals surface area contributed by atoms with Crippen molar-refractivity contribution in [2.75, 3.05) is 0 Å². The van der Waals surface area contributed by atoms with Crippen LogP contribution >= 0.6 is 23.3 Å². The first-order valence-electron chi connectivity index (χ1n) is 5.43. The van der Waals surface area contributed by atoms with Gasteiger partial charge < -0.3 is 5.11 Å². The molecule has 2 rings (SSSR count). The van der Waals surface area contributed by atoms with Crippen molar-refractivity contribution in [3.05, 3.63) is 35.2 Å². The average molecular weight is 266 g/mol. The maximum Gasteiger partial charge on any atom is 0.174 e. The highest BCUT2D eigenvalue weighted by Gasteiger charge is 2.08. The van der Waals surface area contributed by atoms with Gasteiger partial charge in [0.15, 0.2) is 4.34 Å². The molecule has 90 valence electrons. The van der Waals surface area contributed by atoms with E-state index in [0.29, 0.717) is 0 Å². The highest BCUT2D eigenvalue weighted by Crippen LogP contribution is 2.32. The summed E-state index contributed by atoms with van der Waals surface area (Å²) in [5.41, 5.74) is 2.10. The van der Waals surface area contributed by atoms with Crippen LogP contribution in [-0.4, -0.2) is 14.5 Å². The van der Waals surface area contributed by atoms with Gasteiger partial charge >= 0.3 is 0 Å². The number of hydrogen-bond donors (Lipinski definition) is 1. The van der Waals surface area contributed by atoms with Crippen LogP contribution in [0.3, 0.4) is 0 Å². The van der Waals surface area contributed by atoms with Crippen LogP contribution in [0.1, 0.15) is 23.9 Å². The molecular weight excluding hydrogens is 252 g/mol. The van der Waals surface area contributed by atoms with E-state index in [1.165, 1.54) is 11.5 Å². The van der Waals surface area contributed by atoms with Gasteiger partial charge in [-0.05, 0) is 30.1 Å². The van der Waals surface area contributed by atoms with E-state index in [4.69, 9.17) is 0 Å². The summed E-state index contributed by atoms with van der Waals surface area (Å²) in [6.07, 6.45) is 0.859. The van der Waals surface area contributed by atoms with E-state index in [9.17, 15) is 5.11 Å². The molecule has 0 saturated heterocycles. The topological polar surface area (TPSA) is 46.0 Å². The molecule has 0 amide bonds. The molecule has 0 fully saturated rings. The maximum atomic E-state index is 9.33. The molecule has 0 saturated carbocycles. The minimum absolute atomic E-state index is 0.0590. The van der Waals surface area contributed by atoms with Gasteiger partial charge in [0.1, 0.15) is 5.82 Å². The zero-order valence-corrected chi connectivity index (χ0v) is 11.4. The van der Waals surface area contributed by atoms with Crippen LogP contribution in [0.4, 0.5) is 0 Å². The fourth-order valence-electron chi connectivity index (χ4n) is 1.45. The summed E-state index contributed by atoms with van der Waals surface area (Å²) in [6, 6.07) is 6.08. The van der Waals surface area contributed by atoms with Gasteiger partial charge in [-0.15, -0.1) is 0 Å². The molecule has 17 heavy (non-hydrogen) atoms. The normalized spacial score (nSPS) is 10.8. The molecule has 0 unspecified atom stereocenters. The Labute approximate surface area is 109 Å². The predicted molar refractivity (Wildman–Crippen MR) is 70.5 cm³/mol. The fourth-order valence-corrected chi connectivity index (χ4v) is 3.21. The molecule has 1 aromatic heterocycles. The molecule has 1 aromatic carbocycles. The number of aryl methyl sites for hydroxylation is 2. The highest BCUT2D eigenvalue weighted by molar-refractivity contribution is 8.01. The summed E-state index contributed by atoms with van der Waals surface area (Å²) < 4.78 is 5.18. The van der Waals surface area contributed by atoms with Gasteiger partial charge in [0, 0.05) is 11.3 Å². The first-order chi connectivity index (χ1) is 8.22. The monoisotopic (exact) mass is 266 g/mol. The Morgan fingerprint density at radius 2 is 2.24 bits per heavy atom. The van der Waals surface area contributed by atoms with E-state index in [0.717, 1.165) is 32.6 Å². The van der Waals surface area contributed by atoms with Crippen LogP contribution in [0.2, 0.25) is 0 Å². The van der Waals surface area contributed by atoms with Crippen LogP contribution < -0.4 is 0 Å². The largest absolute Gasteiger partial charge is 0.392 e. The highest BCUT2D eigenvalue weighted by atomic mass is 32.2. The van der Waals surface area contributed by atoms with Gasteiger partial charge in [-0.3, -0.25) is 0 Å². The molecular formula is C12H14N2OS2. The summed E-state index contributed by atoms with van der Waals surface area (Å²) in [6.45, 7) is 4.12. The van der Waals surface area contributed by atoms with Crippen molar-refractivity contribution >= 4 is 23.3 Å². The molecule has 5 heteroatoms. The van der Waals surface area contributed by atoms with Crippen LogP contribution in [0, 0.1) is 6.92 Å². The van der Waals surface area contributed by atoms with Crippen molar-refractivity contribution in [3.63, 3.8) is 0 Å². The maximum absolute atomic E-state index is 9.33. The zero-order valence-electron chi connectivity index (χ0n) is 9.80. The van der Waals surface area contributed by atoms with Crippen molar-refractivity contribution in [1.29, 1.82) is 0 Å². The minimum atomic E-state index is 0.0590. The Morgan fingerprint density at radius 1 is 1.41 bits per heavy atom. The van der Waals surface area contributed by atoms with Gasteiger partial charge in [-0.1, -0.05) is 36.4 Å². The third kappa shape index (κ3) is 3.06. The van der Waals surface area contributed by atoms with Gasteiger partial charge in [0.25, 0.3) is 0 Å². The molecule has 0 radical (unpaired) electrons. The van der Waals surface area contributed by atoms with E-state index >= 15 is 0 Å². The van der Waals surface area contributed by atoms with Crippen LogP contribution in [0.25, 0.3) is 0 Å². The number of benzene rings is 1. The van der Waals surface area contributed by atoms with Crippen molar-refractivity contribution < 1.29 is 5.11 Å². The number of aliphatic hydroxyl groups is 1. The first kappa shape index (κ1) is 12.5. The molecule has 0 aliphatic heterocycles. The Morgan fingerprint density at radius 3 is 2.88 bits per heavy atom. The SMILES string of the molecule is CCc1nsc(Sc2ccc(C)cc2CO)n1. The smallest absolute Gasteiger partial charge is 0.174 e. The molecule has 1 heterocycles. The van der Waals surface area contributed by atoms with E-state index in [1.54, 1.807) is 11.8 Å². The van der Waals surface area contributed by atoms with E-state index in [2.05, 4.69) is 9.36 Å². The van der Waals surface area contributed by atoms with Crippen LogP contribution in [-0.2, 0) is 13.0 Å². The molecule has 1 N–H and O–H groups in total. The second kappa shape index (κ2) is 5.62. The third-order valence-electron chi connectivity index (χ3n) is 2.35. The van der Waals surface area contributed by atoms with Crippen molar-refractivity contribution in [1.82, 2.24) is 9.36 Å². The van der Waals surface area contributed by atoms with E-state index in [1.807, 2.05) is 32.0 Å². The molecule has 0 aliphatic carbocycles. The Hall–Kier alpha value is -0.910. The van der Waals surface area contributed by atoms with Crippen molar-refractivity contribution in [2.45, 2.75) is 36.1 Å². The number of rotatable bonds is 4. The standard InChI is InChI=1S/C12H14N2OS2/c1-3-11-13-12(17-14-11)16-10-5-4-8(2)6-9(10)7-15/h4-6,15H,3,7H2,1-2H3. The Bertz CT molecular complexity index is 511. The minimum Gasteiger partial charge on any atom is -0.392 e. The number of nitrogens with zero attached hydrogens (tertiary/aromatic N) is 2. The fraction of sp³-hybridized carbons (Fsp3) is 0.333. The lowest BCUT2D eigenvalue weighted by atomic mass is 10.1. The molecule has 0 aliphatic rings. The molecule has 0 bridgehead atoms. The van der Waals surface area contributed by atoms with Crippen molar-refractivity contribution in [3.8, 4) is 0 Å². The lowest BCUT2D eigenvalue weighted by molar-refractivity contribution is 0.279. The van der Waals surface area contributed by atoms with Gasteiger partial charge in [0.05, 0.1) is 6.61 Å². The van der Waals surface area contributed by atoms with Gasteiger partial charge in [-0.25, -0.2) is 4.98 Å². The summed E-state index contributed by atoms with van der Waals surface area (Å²) in [7, 11) is 0. The van der Waals surface area contributed by atoms with Gasteiger partial charge in [0.2, 0.25) is 0 Å². The molecule has 0 spiro atoms. The number of aromatic nitrogens is 2. The van der Waals surface area contributed by atoms with Gasteiger partial charge in [-0.2, -0.15) is 4.37 Å². The van der Waals surface area contributed by atoms with E-state index < -0.39 is 0 Å². The second-order valence-electron chi connectivity index (χ2n) is 3.70. The third-order valence-corrected chi connectivity index (χ3v) is 4.26. The summed E-state index contributed by atoms with van der Waals surface area (Å²) in [5.74, 6) is 0.884. The molecule has 2 aromatic rings. The quantitative estimate of drug-likeness (QED) is 0.924. The van der Waals surface area contributed by atoms with Crippen LogP contribution in [0.15, 0.2) is 27.4 Å². The average Bonchev–Trinajstić information content (AvgIpc) is 2.79. The molecule has 3 nitrogen and oxygen atoms in total. The summed E-state index contributed by atoms with van der Waals surface area (Å²) >= 11 is 2.98. The Kier molecular flexibility index (Phi) is 4.15. The summed E-state index contributed by atoms with van der Waals surface area (Å²) in [5, 5.41) is 9.33. The number of aliphatic hydroxyl groups excluding tert-OH is 1. The van der Waals surface area contributed by atoms with E-state index in [-0.39, 0.29) is 6.61 Å². The molecule has 0 atom stereocenters.